The standard InChI is InChI=1S/C11H16FN3/c1-4-9-10(12)11(15-7-14-9)13-6-5-8(2)3/h5,7H,4,6H2,1-3H3,(H,13,14,15). The van der Waals surface area contributed by atoms with Crippen molar-refractivity contribution in [2.45, 2.75) is 27.2 Å². The highest BCUT2D eigenvalue weighted by atomic mass is 19.1. The Morgan fingerprint density at radius 3 is 2.80 bits per heavy atom. The van der Waals surface area contributed by atoms with Crippen LogP contribution in [-0.2, 0) is 6.42 Å². The first-order valence-corrected chi connectivity index (χ1v) is 5.01. The minimum Gasteiger partial charge on any atom is -0.364 e. The third-order valence-corrected chi connectivity index (χ3v) is 1.98. The number of nitrogens with one attached hydrogen (secondary N) is 1. The van der Waals surface area contributed by atoms with Crippen LogP contribution in [0.2, 0.25) is 0 Å². The number of hydrogen-bond acceptors (Lipinski definition) is 3. The number of allylic oxidation sites excluding steroid dienone is 1. The smallest absolute Gasteiger partial charge is 0.186 e. The van der Waals surface area contributed by atoms with E-state index in [0.29, 0.717) is 18.7 Å². The number of aromatic nitrogens is 2. The Bertz CT molecular complexity index is 357. The maximum Gasteiger partial charge on any atom is 0.186 e. The number of rotatable bonds is 4. The lowest BCUT2D eigenvalue weighted by Crippen LogP contribution is -2.06. The summed E-state index contributed by atoms with van der Waals surface area (Å²) in [6.07, 6.45) is 3.94. The van der Waals surface area contributed by atoms with Crippen LogP contribution in [0, 0.1) is 5.82 Å². The van der Waals surface area contributed by atoms with Crippen LogP contribution in [0.15, 0.2) is 18.0 Å². The second kappa shape index (κ2) is 5.44. The fourth-order valence-electron chi connectivity index (χ4n) is 1.13. The quantitative estimate of drug-likeness (QED) is 0.774. The van der Waals surface area contributed by atoms with Gasteiger partial charge in [0, 0.05) is 6.54 Å². The highest BCUT2D eigenvalue weighted by molar-refractivity contribution is 5.37. The fraction of sp³-hybridized carbons (Fsp3) is 0.455. The van der Waals surface area contributed by atoms with Crippen LogP contribution in [0.3, 0.4) is 0 Å². The van der Waals surface area contributed by atoms with Gasteiger partial charge in [-0.15, -0.1) is 0 Å². The van der Waals surface area contributed by atoms with Crippen molar-refractivity contribution in [2.24, 2.45) is 0 Å². The van der Waals surface area contributed by atoms with Gasteiger partial charge >= 0.3 is 0 Å². The van der Waals surface area contributed by atoms with E-state index in [2.05, 4.69) is 15.3 Å². The van der Waals surface area contributed by atoms with E-state index < -0.39 is 0 Å². The van der Waals surface area contributed by atoms with Crippen molar-refractivity contribution in [3.8, 4) is 0 Å². The third kappa shape index (κ3) is 3.31. The Labute approximate surface area is 89.5 Å². The monoisotopic (exact) mass is 209 g/mol. The molecular formula is C11H16FN3. The Kier molecular flexibility index (Phi) is 4.21. The molecule has 0 atom stereocenters. The van der Waals surface area contributed by atoms with Gasteiger partial charge in [0.25, 0.3) is 0 Å². The number of anilines is 1. The van der Waals surface area contributed by atoms with Crippen molar-refractivity contribution in [3.05, 3.63) is 29.5 Å². The predicted octanol–water partition coefficient (Wildman–Crippen LogP) is 2.56. The fourth-order valence-corrected chi connectivity index (χ4v) is 1.13. The zero-order valence-corrected chi connectivity index (χ0v) is 9.34. The van der Waals surface area contributed by atoms with Crippen LogP contribution in [-0.4, -0.2) is 16.5 Å². The Hall–Kier alpha value is -1.45. The maximum absolute atomic E-state index is 13.6. The Balaban J connectivity index is 2.73. The molecule has 0 radical (unpaired) electrons. The highest BCUT2D eigenvalue weighted by Gasteiger charge is 2.07. The van der Waals surface area contributed by atoms with Gasteiger partial charge in [-0.05, 0) is 20.3 Å². The summed E-state index contributed by atoms with van der Waals surface area (Å²) >= 11 is 0. The van der Waals surface area contributed by atoms with Crippen molar-refractivity contribution in [2.75, 3.05) is 11.9 Å². The molecule has 15 heavy (non-hydrogen) atoms. The lowest BCUT2D eigenvalue weighted by molar-refractivity contribution is 0.597. The maximum atomic E-state index is 13.6. The summed E-state index contributed by atoms with van der Waals surface area (Å²) in [6, 6.07) is 0. The first-order chi connectivity index (χ1) is 7.15. The first-order valence-electron chi connectivity index (χ1n) is 5.01. The van der Waals surface area contributed by atoms with Crippen molar-refractivity contribution < 1.29 is 4.39 Å². The molecule has 0 aliphatic heterocycles. The van der Waals surface area contributed by atoms with Crippen LogP contribution in [0.5, 0.6) is 0 Å². The second-order valence-electron chi connectivity index (χ2n) is 3.50. The molecule has 0 amide bonds. The topological polar surface area (TPSA) is 37.8 Å². The van der Waals surface area contributed by atoms with Gasteiger partial charge in [0.15, 0.2) is 11.6 Å². The molecule has 0 aliphatic rings. The van der Waals surface area contributed by atoms with E-state index in [4.69, 9.17) is 0 Å². The van der Waals surface area contributed by atoms with Crippen molar-refractivity contribution in [1.82, 2.24) is 9.97 Å². The van der Waals surface area contributed by atoms with Gasteiger partial charge in [-0.25, -0.2) is 14.4 Å². The molecule has 1 aromatic rings. The molecule has 0 aromatic carbocycles. The molecule has 3 nitrogen and oxygen atoms in total. The van der Waals surface area contributed by atoms with Gasteiger partial charge in [-0.3, -0.25) is 0 Å². The van der Waals surface area contributed by atoms with Crippen molar-refractivity contribution >= 4 is 5.82 Å². The van der Waals surface area contributed by atoms with E-state index in [-0.39, 0.29) is 11.6 Å². The van der Waals surface area contributed by atoms with E-state index in [1.165, 1.54) is 11.9 Å². The third-order valence-electron chi connectivity index (χ3n) is 1.98. The molecule has 0 unspecified atom stereocenters. The molecule has 4 heteroatoms. The number of halogens is 1. The van der Waals surface area contributed by atoms with Crippen molar-refractivity contribution in [3.63, 3.8) is 0 Å². The average Bonchev–Trinajstić information content (AvgIpc) is 2.20. The summed E-state index contributed by atoms with van der Waals surface area (Å²) < 4.78 is 13.6. The van der Waals surface area contributed by atoms with Crippen molar-refractivity contribution in [1.29, 1.82) is 0 Å². The zero-order chi connectivity index (χ0) is 11.3. The van der Waals surface area contributed by atoms with Crippen LogP contribution in [0.25, 0.3) is 0 Å². The molecule has 0 fully saturated rings. The molecule has 0 spiro atoms. The summed E-state index contributed by atoms with van der Waals surface area (Å²) in [4.78, 5) is 7.72. The normalized spacial score (nSPS) is 9.87. The first kappa shape index (κ1) is 11.6. The van der Waals surface area contributed by atoms with Gasteiger partial charge in [-0.2, -0.15) is 0 Å². The van der Waals surface area contributed by atoms with Gasteiger partial charge in [-0.1, -0.05) is 18.6 Å². The lowest BCUT2D eigenvalue weighted by atomic mass is 10.3. The zero-order valence-electron chi connectivity index (χ0n) is 9.34. The summed E-state index contributed by atoms with van der Waals surface area (Å²) in [6.45, 7) is 6.44. The van der Waals surface area contributed by atoms with E-state index in [1.807, 2.05) is 26.8 Å². The molecule has 0 saturated heterocycles. The van der Waals surface area contributed by atoms with Gasteiger partial charge in [0.05, 0.1) is 5.69 Å². The van der Waals surface area contributed by atoms with Crippen LogP contribution >= 0.6 is 0 Å². The molecule has 1 heterocycles. The molecule has 1 aromatic heterocycles. The van der Waals surface area contributed by atoms with Crippen LogP contribution < -0.4 is 5.32 Å². The summed E-state index contributed by atoms with van der Waals surface area (Å²) in [5, 5.41) is 2.92. The van der Waals surface area contributed by atoms with E-state index in [0.717, 1.165) is 0 Å². The van der Waals surface area contributed by atoms with Crippen LogP contribution in [0.1, 0.15) is 26.5 Å². The lowest BCUT2D eigenvalue weighted by Gasteiger charge is -2.06. The molecule has 82 valence electrons. The molecule has 0 aliphatic carbocycles. The Morgan fingerprint density at radius 2 is 2.20 bits per heavy atom. The van der Waals surface area contributed by atoms with Gasteiger partial charge in [0.2, 0.25) is 0 Å². The van der Waals surface area contributed by atoms with Gasteiger partial charge < -0.3 is 5.32 Å². The second-order valence-corrected chi connectivity index (χ2v) is 3.50. The summed E-state index contributed by atoms with van der Waals surface area (Å²) in [7, 11) is 0. The van der Waals surface area contributed by atoms with E-state index >= 15 is 0 Å². The molecule has 0 saturated carbocycles. The largest absolute Gasteiger partial charge is 0.364 e. The molecule has 1 N–H and O–H groups in total. The SMILES string of the molecule is CCc1ncnc(NCC=C(C)C)c1F. The molecule has 0 bridgehead atoms. The van der Waals surface area contributed by atoms with Gasteiger partial charge in [0.1, 0.15) is 6.33 Å². The molecule has 1 rings (SSSR count). The van der Waals surface area contributed by atoms with Crippen LogP contribution in [0.4, 0.5) is 10.2 Å². The Morgan fingerprint density at radius 1 is 1.47 bits per heavy atom. The van der Waals surface area contributed by atoms with E-state index in [9.17, 15) is 4.39 Å². The minimum atomic E-state index is -0.345. The molecular weight excluding hydrogens is 193 g/mol. The minimum absolute atomic E-state index is 0.277. The number of hydrogen-bond donors (Lipinski definition) is 1. The number of aryl methyl sites for hydroxylation is 1. The predicted molar refractivity (Wildman–Crippen MR) is 59.3 cm³/mol. The van der Waals surface area contributed by atoms with E-state index in [1.54, 1.807) is 0 Å². The number of nitrogens with zero attached hydrogens (tertiary/aromatic N) is 2. The average molecular weight is 209 g/mol. The summed E-state index contributed by atoms with van der Waals surface area (Å²) in [5.41, 5.74) is 1.64. The summed E-state index contributed by atoms with van der Waals surface area (Å²) in [5.74, 6) is -0.0680. The highest BCUT2D eigenvalue weighted by Crippen LogP contribution is 2.12.